The van der Waals surface area contributed by atoms with E-state index in [1.165, 1.54) is 5.57 Å². The smallest absolute Gasteiger partial charge is 0.345 e. The number of aromatic nitrogens is 1. The number of nitrogens with one attached hydrogen (secondary N) is 1. The first kappa shape index (κ1) is 18.9. The van der Waals surface area contributed by atoms with Crippen LogP contribution in [0.2, 0.25) is 0 Å². The molecule has 1 aliphatic rings. The minimum atomic E-state index is -1.43. The molecular formula is C21H24N2O4. The minimum absolute atomic E-state index is 0.401. The van der Waals surface area contributed by atoms with Gasteiger partial charge in [-0.25, -0.2) is 4.79 Å². The number of rotatable bonds is 5. The molecule has 2 aromatic rings. The van der Waals surface area contributed by atoms with Crippen molar-refractivity contribution in [1.82, 2.24) is 9.88 Å². The van der Waals surface area contributed by atoms with E-state index in [1.807, 2.05) is 31.2 Å². The normalized spacial score (nSPS) is 14.8. The molecule has 0 radical (unpaired) electrons. The Bertz CT molecular complexity index is 942. The topological polar surface area (TPSA) is 93.6 Å². The zero-order valence-electron chi connectivity index (χ0n) is 15.6. The van der Waals surface area contributed by atoms with E-state index in [4.69, 9.17) is 5.11 Å². The van der Waals surface area contributed by atoms with E-state index in [9.17, 15) is 14.7 Å². The summed E-state index contributed by atoms with van der Waals surface area (Å²) in [5, 5.41) is 19.4. The molecule has 1 aromatic heterocycles. The van der Waals surface area contributed by atoms with Crippen molar-refractivity contribution in [2.45, 2.75) is 26.7 Å². The second-order valence-electron chi connectivity index (χ2n) is 6.64. The Morgan fingerprint density at radius 1 is 1.19 bits per heavy atom. The lowest BCUT2D eigenvalue weighted by Gasteiger charge is -2.25. The van der Waals surface area contributed by atoms with E-state index in [0.717, 1.165) is 37.2 Å². The number of carboxylic acid groups (broad SMARTS) is 1. The molecular weight excluding hydrogens is 344 g/mol. The second-order valence-corrected chi connectivity index (χ2v) is 6.64. The summed E-state index contributed by atoms with van der Waals surface area (Å²) in [6, 6.07) is 7.80. The number of carbonyl (C=O) groups is 1. The van der Waals surface area contributed by atoms with Crippen LogP contribution in [0.15, 0.2) is 35.1 Å². The van der Waals surface area contributed by atoms with E-state index in [2.05, 4.69) is 22.9 Å². The summed E-state index contributed by atoms with van der Waals surface area (Å²) in [6.07, 6.45) is 3.64. The largest absolute Gasteiger partial charge is 0.506 e. The van der Waals surface area contributed by atoms with Crippen molar-refractivity contribution in [2.75, 3.05) is 19.6 Å². The van der Waals surface area contributed by atoms with Crippen LogP contribution in [-0.2, 0) is 6.42 Å². The highest BCUT2D eigenvalue weighted by Crippen LogP contribution is 2.31. The van der Waals surface area contributed by atoms with Gasteiger partial charge < -0.3 is 15.2 Å². The highest BCUT2D eigenvalue weighted by Gasteiger charge is 2.22. The quantitative estimate of drug-likeness (QED) is 0.754. The van der Waals surface area contributed by atoms with Gasteiger partial charge in [0, 0.05) is 18.7 Å². The van der Waals surface area contributed by atoms with Gasteiger partial charge in [-0.05, 0) is 36.1 Å². The average molecular weight is 368 g/mol. The molecule has 0 amide bonds. The number of hydrogen-bond acceptors (Lipinski definition) is 4. The lowest BCUT2D eigenvalue weighted by molar-refractivity contribution is 0.0691. The number of hydrogen-bond donors (Lipinski definition) is 3. The van der Waals surface area contributed by atoms with Crippen LogP contribution in [0.1, 0.15) is 41.8 Å². The maximum atomic E-state index is 12.1. The van der Waals surface area contributed by atoms with Gasteiger partial charge in [0.1, 0.15) is 5.75 Å². The highest BCUT2D eigenvalue weighted by molar-refractivity contribution is 5.92. The standard InChI is InChI=1S/C21H24N2O4/c1-3-16-18(22-20(25)17(19(16)24)21(26)27)15-7-5-13(6-8-15)14-9-11-23(4-2)12-10-14/h5-9H,3-4,10-12H2,1-2H3,(H,26,27)(H2,22,24,25). The molecule has 3 rings (SSSR count). The molecule has 0 unspecified atom stereocenters. The van der Waals surface area contributed by atoms with Gasteiger partial charge in [-0.15, -0.1) is 0 Å². The van der Waals surface area contributed by atoms with Crippen molar-refractivity contribution in [1.29, 1.82) is 0 Å². The number of H-pyrrole nitrogens is 1. The molecule has 27 heavy (non-hydrogen) atoms. The van der Waals surface area contributed by atoms with Gasteiger partial charge >= 0.3 is 5.97 Å². The molecule has 1 aliphatic heterocycles. The summed E-state index contributed by atoms with van der Waals surface area (Å²) >= 11 is 0. The van der Waals surface area contributed by atoms with Crippen LogP contribution < -0.4 is 5.56 Å². The lowest BCUT2D eigenvalue weighted by atomic mass is 9.96. The molecule has 0 saturated carbocycles. The van der Waals surface area contributed by atoms with Crippen molar-refractivity contribution < 1.29 is 15.0 Å². The Morgan fingerprint density at radius 2 is 1.85 bits per heavy atom. The van der Waals surface area contributed by atoms with E-state index in [1.54, 1.807) is 0 Å². The number of likely N-dealkylation sites (N-methyl/N-ethyl adjacent to an activating group) is 1. The summed E-state index contributed by atoms with van der Waals surface area (Å²) in [6.45, 7) is 7.01. The van der Waals surface area contributed by atoms with Crippen LogP contribution in [0.3, 0.4) is 0 Å². The lowest BCUT2D eigenvalue weighted by Crippen LogP contribution is -2.27. The zero-order valence-corrected chi connectivity index (χ0v) is 15.6. The monoisotopic (exact) mass is 368 g/mol. The van der Waals surface area contributed by atoms with Gasteiger partial charge in [0.05, 0.1) is 5.69 Å². The third-order valence-corrected chi connectivity index (χ3v) is 5.14. The zero-order chi connectivity index (χ0) is 19.6. The van der Waals surface area contributed by atoms with Crippen molar-refractivity contribution in [2.24, 2.45) is 0 Å². The van der Waals surface area contributed by atoms with E-state index >= 15 is 0 Å². The minimum Gasteiger partial charge on any atom is -0.506 e. The van der Waals surface area contributed by atoms with Crippen molar-refractivity contribution >= 4 is 11.5 Å². The first-order valence-corrected chi connectivity index (χ1v) is 9.19. The molecule has 0 fully saturated rings. The summed E-state index contributed by atoms with van der Waals surface area (Å²) in [4.78, 5) is 28.3. The van der Waals surface area contributed by atoms with Crippen LogP contribution >= 0.6 is 0 Å². The Morgan fingerprint density at radius 3 is 2.37 bits per heavy atom. The predicted molar refractivity (Wildman–Crippen MR) is 105 cm³/mol. The van der Waals surface area contributed by atoms with Gasteiger partial charge in [-0.3, -0.25) is 9.69 Å². The SMILES string of the molecule is CCc1c(-c2ccc(C3=CCN(CC)CC3)cc2)[nH]c(=O)c(C(=O)O)c1O. The number of carboxylic acids is 1. The molecule has 0 spiro atoms. The summed E-state index contributed by atoms with van der Waals surface area (Å²) in [7, 11) is 0. The van der Waals surface area contributed by atoms with Gasteiger partial charge in [0.15, 0.2) is 5.56 Å². The summed E-state index contributed by atoms with van der Waals surface area (Å²) in [5.74, 6) is -1.89. The number of aromatic amines is 1. The first-order chi connectivity index (χ1) is 13.0. The van der Waals surface area contributed by atoms with E-state index in [0.29, 0.717) is 17.7 Å². The van der Waals surface area contributed by atoms with Crippen LogP contribution in [0.4, 0.5) is 0 Å². The number of nitrogens with zero attached hydrogens (tertiary/aromatic N) is 1. The Labute approximate surface area is 157 Å². The molecule has 2 heterocycles. The van der Waals surface area contributed by atoms with Gasteiger partial charge in [-0.1, -0.05) is 44.2 Å². The molecule has 0 saturated heterocycles. The second kappa shape index (κ2) is 7.80. The fourth-order valence-corrected chi connectivity index (χ4v) is 3.53. The molecule has 6 nitrogen and oxygen atoms in total. The number of aromatic carboxylic acids is 1. The number of benzene rings is 1. The Hall–Kier alpha value is -2.86. The van der Waals surface area contributed by atoms with Crippen LogP contribution in [-0.4, -0.2) is 45.7 Å². The van der Waals surface area contributed by atoms with Crippen LogP contribution in [0, 0.1) is 0 Å². The number of aromatic hydroxyl groups is 1. The third-order valence-electron chi connectivity index (χ3n) is 5.14. The molecule has 0 atom stereocenters. The average Bonchev–Trinajstić information content (AvgIpc) is 2.67. The van der Waals surface area contributed by atoms with Gasteiger partial charge in [0.2, 0.25) is 0 Å². The molecule has 0 bridgehead atoms. The maximum Gasteiger partial charge on any atom is 0.345 e. The van der Waals surface area contributed by atoms with E-state index in [-0.39, 0.29) is 0 Å². The fraction of sp³-hybridized carbons (Fsp3) is 0.333. The molecule has 142 valence electrons. The number of pyridine rings is 1. The van der Waals surface area contributed by atoms with E-state index < -0.39 is 22.8 Å². The van der Waals surface area contributed by atoms with Gasteiger partial charge in [0.25, 0.3) is 5.56 Å². The van der Waals surface area contributed by atoms with Crippen LogP contribution in [0.5, 0.6) is 5.75 Å². The third kappa shape index (κ3) is 3.66. The molecule has 6 heteroatoms. The molecule has 1 aromatic carbocycles. The molecule has 3 N–H and O–H groups in total. The van der Waals surface area contributed by atoms with Gasteiger partial charge in [-0.2, -0.15) is 0 Å². The summed E-state index contributed by atoms with van der Waals surface area (Å²) < 4.78 is 0. The van der Waals surface area contributed by atoms with Crippen molar-refractivity contribution in [3.05, 3.63) is 57.4 Å². The van der Waals surface area contributed by atoms with Crippen molar-refractivity contribution in [3.63, 3.8) is 0 Å². The summed E-state index contributed by atoms with van der Waals surface area (Å²) in [5.41, 5.74) is 2.67. The van der Waals surface area contributed by atoms with Crippen LogP contribution in [0.25, 0.3) is 16.8 Å². The first-order valence-electron chi connectivity index (χ1n) is 9.19. The Balaban J connectivity index is 1.97. The molecule has 0 aliphatic carbocycles. The maximum absolute atomic E-state index is 12.1. The highest BCUT2D eigenvalue weighted by atomic mass is 16.4. The van der Waals surface area contributed by atoms with Crippen molar-refractivity contribution in [3.8, 4) is 17.0 Å². The Kier molecular flexibility index (Phi) is 5.46. The fourth-order valence-electron chi connectivity index (χ4n) is 3.53. The predicted octanol–water partition coefficient (Wildman–Crippen LogP) is 3.12.